The van der Waals surface area contributed by atoms with Crippen molar-refractivity contribution in [1.82, 2.24) is 5.43 Å². The molecule has 0 saturated carbocycles. The number of rotatable bonds is 8. The van der Waals surface area contributed by atoms with Gasteiger partial charge in [-0.15, -0.1) is 0 Å². The van der Waals surface area contributed by atoms with E-state index in [2.05, 4.69) is 15.8 Å². The third-order valence-electron chi connectivity index (χ3n) is 4.48. The number of nitrogens with zero attached hydrogens (tertiary/aromatic N) is 2. The lowest BCUT2D eigenvalue weighted by Crippen LogP contribution is -2.23. The van der Waals surface area contributed by atoms with Crippen LogP contribution in [-0.2, 0) is 6.61 Å². The first kappa shape index (κ1) is 22.7. The number of para-hydroxylation sites is 1. The lowest BCUT2D eigenvalue weighted by Gasteiger charge is -2.12. The Hall–Kier alpha value is -3.98. The molecule has 2 N–H and O–H groups in total. The molecule has 0 amide bonds. The molecule has 0 fully saturated rings. The molecule has 0 saturated heterocycles. The van der Waals surface area contributed by atoms with Crippen molar-refractivity contribution in [2.75, 3.05) is 12.4 Å². The fraction of sp³-hybridized carbons (Fsp3) is 0.130. The zero-order valence-corrected chi connectivity index (χ0v) is 18.4. The van der Waals surface area contributed by atoms with Crippen LogP contribution in [0.25, 0.3) is 0 Å². The Bertz CT molecular complexity index is 1140. The summed E-state index contributed by atoms with van der Waals surface area (Å²) in [6.45, 7) is 1.90. The molecule has 9 heteroatoms. The van der Waals surface area contributed by atoms with Crippen molar-refractivity contribution in [3.05, 3.63) is 93.5 Å². The minimum atomic E-state index is -0.417. The van der Waals surface area contributed by atoms with Gasteiger partial charge < -0.3 is 14.8 Å². The van der Waals surface area contributed by atoms with E-state index in [-0.39, 0.29) is 12.3 Å². The predicted molar refractivity (Wildman–Crippen MR) is 129 cm³/mol. The van der Waals surface area contributed by atoms with Crippen LogP contribution in [-0.4, -0.2) is 23.4 Å². The number of aryl methyl sites for hydroxylation is 1. The van der Waals surface area contributed by atoms with Crippen molar-refractivity contribution in [3.63, 3.8) is 0 Å². The van der Waals surface area contributed by atoms with E-state index in [4.69, 9.17) is 21.7 Å². The van der Waals surface area contributed by atoms with Gasteiger partial charge >= 0.3 is 0 Å². The van der Waals surface area contributed by atoms with Crippen LogP contribution in [0, 0.1) is 17.0 Å². The monoisotopic (exact) mass is 450 g/mol. The molecule has 0 spiro atoms. The highest BCUT2D eigenvalue weighted by molar-refractivity contribution is 7.80. The molecule has 0 aliphatic carbocycles. The number of hydrogen-bond donors (Lipinski definition) is 2. The summed E-state index contributed by atoms with van der Waals surface area (Å²) in [6.07, 6.45) is 1.64. The normalized spacial score (nSPS) is 10.6. The average molecular weight is 451 g/mol. The largest absolute Gasteiger partial charge is 0.496 e. The molecule has 8 nitrogen and oxygen atoms in total. The van der Waals surface area contributed by atoms with Gasteiger partial charge in [0.1, 0.15) is 18.1 Å². The van der Waals surface area contributed by atoms with Crippen molar-refractivity contribution in [2.24, 2.45) is 5.10 Å². The molecule has 0 unspecified atom stereocenters. The highest BCUT2D eigenvalue weighted by Crippen LogP contribution is 2.25. The summed E-state index contributed by atoms with van der Waals surface area (Å²) in [5.74, 6) is 1.20. The number of hydrogen-bond acceptors (Lipinski definition) is 6. The zero-order valence-electron chi connectivity index (χ0n) is 17.6. The van der Waals surface area contributed by atoms with Crippen molar-refractivity contribution in [2.45, 2.75) is 13.5 Å². The SMILES string of the molecule is COc1ccc(C=NNC(=S)Nc2ccccc2)cc1COc1ccc([N+](=O)[O-])c(C)c1. The fourth-order valence-electron chi connectivity index (χ4n) is 2.92. The number of benzene rings is 3. The number of thiocarbonyl (C=S) groups is 1. The summed E-state index contributed by atoms with van der Waals surface area (Å²) >= 11 is 5.23. The van der Waals surface area contributed by atoms with Gasteiger partial charge in [0.05, 0.1) is 18.2 Å². The van der Waals surface area contributed by atoms with Crippen LogP contribution < -0.4 is 20.2 Å². The Balaban J connectivity index is 1.63. The Morgan fingerprint density at radius 1 is 1.16 bits per heavy atom. The molecule has 164 valence electrons. The summed E-state index contributed by atoms with van der Waals surface area (Å²) in [6, 6.07) is 19.8. The number of nitro groups is 1. The summed E-state index contributed by atoms with van der Waals surface area (Å²) in [5, 5.41) is 18.5. The first-order valence-corrected chi connectivity index (χ1v) is 10.1. The first-order chi connectivity index (χ1) is 15.5. The molecular weight excluding hydrogens is 428 g/mol. The van der Waals surface area contributed by atoms with Crippen LogP contribution >= 0.6 is 12.2 Å². The van der Waals surface area contributed by atoms with Gasteiger partial charge in [-0.1, -0.05) is 18.2 Å². The maximum absolute atomic E-state index is 11.0. The van der Waals surface area contributed by atoms with E-state index in [0.717, 1.165) is 16.8 Å². The zero-order chi connectivity index (χ0) is 22.9. The van der Waals surface area contributed by atoms with E-state index in [1.54, 1.807) is 32.4 Å². The van der Waals surface area contributed by atoms with Gasteiger partial charge in [-0.2, -0.15) is 5.10 Å². The summed E-state index contributed by atoms with van der Waals surface area (Å²) in [7, 11) is 1.58. The lowest BCUT2D eigenvalue weighted by molar-refractivity contribution is -0.385. The van der Waals surface area contributed by atoms with E-state index in [9.17, 15) is 10.1 Å². The number of hydrazone groups is 1. The highest BCUT2D eigenvalue weighted by atomic mass is 32.1. The van der Waals surface area contributed by atoms with Crippen molar-refractivity contribution in [3.8, 4) is 11.5 Å². The van der Waals surface area contributed by atoms with Gasteiger partial charge in [0.2, 0.25) is 0 Å². The second-order valence-electron chi connectivity index (χ2n) is 6.76. The topological polar surface area (TPSA) is 98.0 Å². The van der Waals surface area contributed by atoms with Crippen LogP contribution in [0.3, 0.4) is 0 Å². The maximum atomic E-state index is 11.0. The van der Waals surface area contributed by atoms with Crippen LogP contribution in [0.4, 0.5) is 11.4 Å². The second kappa shape index (κ2) is 10.9. The fourth-order valence-corrected chi connectivity index (χ4v) is 3.09. The van der Waals surface area contributed by atoms with Crippen LogP contribution in [0.15, 0.2) is 71.8 Å². The number of methoxy groups -OCH3 is 1. The summed E-state index contributed by atoms with van der Waals surface area (Å²) < 4.78 is 11.2. The van der Waals surface area contributed by atoms with Gasteiger partial charge in [-0.05, 0) is 67.2 Å². The summed E-state index contributed by atoms with van der Waals surface area (Å²) in [5.41, 5.74) is 5.86. The van der Waals surface area contributed by atoms with Gasteiger partial charge in [0.15, 0.2) is 5.11 Å². The Morgan fingerprint density at radius 3 is 2.62 bits per heavy atom. The van der Waals surface area contributed by atoms with Gasteiger partial charge in [0.25, 0.3) is 5.69 Å². The number of nitrogens with one attached hydrogen (secondary N) is 2. The van der Waals surface area contributed by atoms with Crippen molar-refractivity contribution in [1.29, 1.82) is 0 Å². The van der Waals surface area contributed by atoms with Gasteiger partial charge in [0, 0.05) is 22.9 Å². The summed E-state index contributed by atoms with van der Waals surface area (Å²) in [4.78, 5) is 10.6. The van der Waals surface area contributed by atoms with Gasteiger partial charge in [-0.3, -0.25) is 15.5 Å². The molecule has 0 radical (unpaired) electrons. The molecule has 0 atom stereocenters. The van der Waals surface area contributed by atoms with E-state index >= 15 is 0 Å². The molecule has 0 heterocycles. The van der Waals surface area contributed by atoms with Crippen LogP contribution in [0.5, 0.6) is 11.5 Å². The first-order valence-electron chi connectivity index (χ1n) is 9.66. The Labute approximate surface area is 191 Å². The maximum Gasteiger partial charge on any atom is 0.272 e. The minimum Gasteiger partial charge on any atom is -0.496 e. The van der Waals surface area contributed by atoms with E-state index in [1.807, 2.05) is 48.5 Å². The number of ether oxygens (including phenoxy) is 2. The molecule has 32 heavy (non-hydrogen) atoms. The molecular formula is C23H22N4O4S. The molecule has 0 aliphatic rings. The van der Waals surface area contributed by atoms with Crippen LogP contribution in [0.1, 0.15) is 16.7 Å². The average Bonchev–Trinajstić information content (AvgIpc) is 2.78. The third-order valence-corrected chi connectivity index (χ3v) is 4.67. The van der Waals surface area contributed by atoms with Crippen molar-refractivity contribution >= 4 is 34.9 Å². The predicted octanol–water partition coefficient (Wildman–Crippen LogP) is 4.81. The number of nitro benzene ring substituents is 1. The van der Waals surface area contributed by atoms with E-state index in [1.165, 1.54) is 6.07 Å². The van der Waals surface area contributed by atoms with E-state index < -0.39 is 4.92 Å². The van der Waals surface area contributed by atoms with E-state index in [0.29, 0.717) is 22.2 Å². The highest BCUT2D eigenvalue weighted by Gasteiger charge is 2.11. The quantitative estimate of drug-likeness (QED) is 0.220. The van der Waals surface area contributed by atoms with Gasteiger partial charge in [-0.25, -0.2) is 0 Å². The Morgan fingerprint density at radius 2 is 1.94 bits per heavy atom. The molecule has 3 aromatic carbocycles. The molecule has 3 rings (SSSR count). The molecule has 0 bridgehead atoms. The lowest BCUT2D eigenvalue weighted by atomic mass is 10.1. The number of anilines is 1. The molecule has 3 aromatic rings. The second-order valence-corrected chi connectivity index (χ2v) is 7.16. The van der Waals surface area contributed by atoms with Crippen molar-refractivity contribution < 1.29 is 14.4 Å². The molecule has 0 aliphatic heterocycles. The smallest absolute Gasteiger partial charge is 0.272 e. The Kier molecular flexibility index (Phi) is 7.71. The molecule has 0 aromatic heterocycles. The third kappa shape index (κ3) is 6.26. The van der Waals surface area contributed by atoms with Crippen LogP contribution in [0.2, 0.25) is 0 Å². The standard InChI is InChI=1S/C23H22N4O4S/c1-16-12-20(9-10-21(16)27(28)29)31-15-18-13-17(8-11-22(18)30-2)14-24-26-23(32)25-19-6-4-3-5-7-19/h3-14H,15H2,1-2H3,(H2,25,26,32). The minimum absolute atomic E-state index is 0.0558.